The maximum absolute atomic E-state index is 14.4. The summed E-state index contributed by atoms with van der Waals surface area (Å²) in [6.07, 6.45) is -7.33. The first-order valence-corrected chi connectivity index (χ1v) is 8.81. The van der Waals surface area contributed by atoms with E-state index in [2.05, 4.69) is 4.74 Å². The molecule has 0 aromatic heterocycles. The number of ether oxygens (including phenoxy) is 3. The lowest BCUT2D eigenvalue weighted by molar-refractivity contribution is -0.183. The number of rotatable bonds is 5. The fourth-order valence-corrected chi connectivity index (χ4v) is 3.03. The van der Waals surface area contributed by atoms with Crippen LogP contribution in [0.4, 0.5) is 30.7 Å². The van der Waals surface area contributed by atoms with Crippen LogP contribution in [0.15, 0.2) is 35.2 Å². The quantitative estimate of drug-likeness (QED) is 0.468. The van der Waals surface area contributed by atoms with E-state index in [0.717, 1.165) is 6.42 Å². The van der Waals surface area contributed by atoms with Crippen molar-refractivity contribution in [3.05, 3.63) is 52.6 Å². The number of alkyl halides is 3. The van der Waals surface area contributed by atoms with Gasteiger partial charge in [-0.15, -0.1) is 0 Å². The van der Waals surface area contributed by atoms with Crippen LogP contribution in [-0.4, -0.2) is 31.8 Å². The molecule has 3 rings (SSSR count). The molecule has 1 atom stereocenters. The van der Waals surface area contributed by atoms with Gasteiger partial charge in [0.05, 0.1) is 13.2 Å². The lowest BCUT2D eigenvalue weighted by Crippen LogP contribution is -2.38. The molecule has 1 aromatic rings. The third-order valence-electron chi connectivity index (χ3n) is 4.66. The zero-order valence-electron chi connectivity index (χ0n) is 15.2. The molecule has 0 bridgehead atoms. The molecule has 1 saturated heterocycles. The number of halogens is 7. The standard InChI is InChI=1S/C19H17F7O3/c1-2-9-7-27-18(28-8-9)10-3-12(20)16(13(21)4-10)19(25,26)29-11-5-14(22)17(24)15(23)6-11/h3,5-6,9,13,18H,2,4,7-8H2,1H3. The van der Waals surface area contributed by atoms with Crippen molar-refractivity contribution in [2.75, 3.05) is 13.2 Å². The van der Waals surface area contributed by atoms with Gasteiger partial charge in [0, 0.05) is 24.5 Å². The van der Waals surface area contributed by atoms with Crippen molar-refractivity contribution in [2.45, 2.75) is 38.3 Å². The first kappa shape index (κ1) is 21.6. The van der Waals surface area contributed by atoms with E-state index in [1.54, 1.807) is 0 Å². The van der Waals surface area contributed by atoms with E-state index in [9.17, 15) is 30.7 Å². The summed E-state index contributed by atoms with van der Waals surface area (Å²) in [7, 11) is 0. The molecule has 1 aromatic carbocycles. The summed E-state index contributed by atoms with van der Waals surface area (Å²) >= 11 is 0. The monoisotopic (exact) mass is 426 g/mol. The van der Waals surface area contributed by atoms with Gasteiger partial charge in [-0.3, -0.25) is 0 Å². The van der Waals surface area contributed by atoms with Gasteiger partial charge in [-0.05, 0) is 18.1 Å². The molecule has 3 nitrogen and oxygen atoms in total. The predicted molar refractivity (Wildman–Crippen MR) is 87.1 cm³/mol. The Morgan fingerprint density at radius 2 is 1.66 bits per heavy atom. The summed E-state index contributed by atoms with van der Waals surface area (Å²) in [5.74, 6) is -8.08. The molecule has 2 aliphatic rings. The zero-order chi connectivity index (χ0) is 21.3. The number of allylic oxidation sites excluding steroid dienone is 2. The van der Waals surface area contributed by atoms with Crippen molar-refractivity contribution in [1.29, 1.82) is 0 Å². The molecule has 0 saturated carbocycles. The lowest BCUT2D eigenvalue weighted by Gasteiger charge is -2.33. The minimum atomic E-state index is -4.58. The van der Waals surface area contributed by atoms with Crippen LogP contribution < -0.4 is 4.74 Å². The van der Waals surface area contributed by atoms with Gasteiger partial charge in [0.2, 0.25) is 0 Å². The summed E-state index contributed by atoms with van der Waals surface area (Å²) in [6.45, 7) is 2.52. The number of hydrogen-bond acceptors (Lipinski definition) is 3. The van der Waals surface area contributed by atoms with Gasteiger partial charge in [-0.1, -0.05) is 6.92 Å². The average molecular weight is 426 g/mol. The Balaban J connectivity index is 1.82. The highest BCUT2D eigenvalue weighted by Gasteiger charge is 2.47. The Labute approximate surface area is 161 Å². The first-order chi connectivity index (χ1) is 13.6. The molecular weight excluding hydrogens is 409 g/mol. The molecule has 10 heteroatoms. The molecular formula is C19H17F7O3. The van der Waals surface area contributed by atoms with E-state index in [0.29, 0.717) is 19.3 Å². The van der Waals surface area contributed by atoms with Crippen LogP contribution in [0.25, 0.3) is 0 Å². The smallest absolute Gasteiger partial charge is 0.428 e. The predicted octanol–water partition coefficient (Wildman–Crippen LogP) is 5.37. The molecule has 29 heavy (non-hydrogen) atoms. The highest BCUT2D eigenvalue weighted by molar-refractivity contribution is 5.37. The van der Waals surface area contributed by atoms with E-state index in [4.69, 9.17) is 9.47 Å². The van der Waals surface area contributed by atoms with Crippen LogP contribution in [0.5, 0.6) is 5.75 Å². The summed E-state index contributed by atoms with van der Waals surface area (Å²) in [4.78, 5) is 0. The van der Waals surface area contributed by atoms with E-state index in [1.807, 2.05) is 6.92 Å². The molecule has 1 fully saturated rings. The summed E-state index contributed by atoms with van der Waals surface area (Å²) < 4.78 is 112. The highest BCUT2D eigenvalue weighted by atomic mass is 19.3. The van der Waals surface area contributed by atoms with Crippen molar-refractivity contribution in [3.63, 3.8) is 0 Å². The second-order valence-electron chi connectivity index (χ2n) is 6.75. The minimum absolute atomic E-state index is 0.00275. The van der Waals surface area contributed by atoms with Crippen molar-refractivity contribution in [1.82, 2.24) is 0 Å². The minimum Gasteiger partial charge on any atom is -0.429 e. The average Bonchev–Trinajstić information content (AvgIpc) is 2.65. The fourth-order valence-electron chi connectivity index (χ4n) is 3.03. The van der Waals surface area contributed by atoms with Crippen LogP contribution in [0.1, 0.15) is 19.8 Å². The number of hydrogen-bond donors (Lipinski definition) is 0. The normalized spacial score (nSPS) is 25.8. The highest BCUT2D eigenvalue weighted by Crippen LogP contribution is 2.41. The van der Waals surface area contributed by atoms with Crippen molar-refractivity contribution in [2.24, 2.45) is 5.92 Å². The van der Waals surface area contributed by atoms with Crippen molar-refractivity contribution < 1.29 is 44.9 Å². The topological polar surface area (TPSA) is 27.7 Å². The Kier molecular flexibility index (Phi) is 6.23. The number of benzene rings is 1. The summed E-state index contributed by atoms with van der Waals surface area (Å²) in [6, 6.07) is 0.298. The molecule has 1 unspecified atom stereocenters. The maximum Gasteiger partial charge on any atom is 0.428 e. The zero-order valence-corrected chi connectivity index (χ0v) is 15.2. The van der Waals surface area contributed by atoms with Crippen LogP contribution in [0, 0.1) is 23.4 Å². The van der Waals surface area contributed by atoms with Gasteiger partial charge in [0.15, 0.2) is 23.7 Å². The summed E-state index contributed by atoms with van der Waals surface area (Å²) in [5, 5.41) is 0. The Morgan fingerprint density at radius 1 is 1.07 bits per heavy atom. The summed E-state index contributed by atoms with van der Waals surface area (Å²) in [5.41, 5.74) is -1.64. The second kappa shape index (κ2) is 8.35. The van der Waals surface area contributed by atoms with Gasteiger partial charge in [0.25, 0.3) is 0 Å². The first-order valence-electron chi connectivity index (χ1n) is 8.81. The second-order valence-corrected chi connectivity index (χ2v) is 6.75. The molecule has 1 aliphatic carbocycles. The molecule has 0 radical (unpaired) electrons. The fraction of sp³-hybridized carbons (Fsp3) is 0.474. The van der Waals surface area contributed by atoms with E-state index in [1.165, 1.54) is 0 Å². The third-order valence-corrected chi connectivity index (χ3v) is 4.66. The molecule has 0 spiro atoms. The lowest BCUT2D eigenvalue weighted by atomic mass is 9.94. The van der Waals surface area contributed by atoms with E-state index >= 15 is 0 Å². The van der Waals surface area contributed by atoms with Crippen LogP contribution in [0.2, 0.25) is 0 Å². The Hall–Kier alpha value is -2.07. The van der Waals surface area contributed by atoms with Crippen molar-refractivity contribution >= 4 is 0 Å². The maximum atomic E-state index is 14.4. The van der Waals surface area contributed by atoms with Crippen LogP contribution in [0.3, 0.4) is 0 Å². The van der Waals surface area contributed by atoms with Crippen molar-refractivity contribution in [3.8, 4) is 5.75 Å². The Morgan fingerprint density at radius 3 is 2.17 bits per heavy atom. The third kappa shape index (κ3) is 4.58. The van der Waals surface area contributed by atoms with Gasteiger partial charge in [0.1, 0.15) is 23.3 Å². The molecule has 1 heterocycles. The Bertz CT molecular complexity index is 806. The van der Waals surface area contributed by atoms with Crippen LogP contribution in [-0.2, 0) is 9.47 Å². The van der Waals surface area contributed by atoms with Gasteiger partial charge in [-0.2, -0.15) is 8.78 Å². The molecule has 0 N–H and O–H groups in total. The SMILES string of the molecule is CCC1COC(C2=CC(F)=C(C(F)(F)Oc3cc(F)c(F)c(F)c3)C(F)C2)OC1. The molecule has 0 amide bonds. The van der Waals surface area contributed by atoms with Gasteiger partial charge in [-0.25, -0.2) is 22.0 Å². The molecule has 1 aliphatic heterocycles. The largest absolute Gasteiger partial charge is 0.429 e. The van der Waals surface area contributed by atoms with E-state index < -0.39 is 59.6 Å². The molecule has 160 valence electrons. The van der Waals surface area contributed by atoms with Gasteiger partial charge < -0.3 is 14.2 Å². The van der Waals surface area contributed by atoms with E-state index in [-0.39, 0.29) is 23.6 Å². The van der Waals surface area contributed by atoms with Gasteiger partial charge >= 0.3 is 6.11 Å². The van der Waals surface area contributed by atoms with Crippen LogP contribution >= 0.6 is 0 Å².